The second kappa shape index (κ2) is 9.64. The number of hydrogen-bond donors (Lipinski definition) is 0. The molecule has 0 aromatic heterocycles. The summed E-state index contributed by atoms with van der Waals surface area (Å²) in [7, 11) is 0. The Morgan fingerprint density at radius 1 is 0.900 bits per heavy atom. The van der Waals surface area contributed by atoms with Crippen molar-refractivity contribution >= 4 is 11.6 Å². The third-order valence-electron chi connectivity index (χ3n) is 4.23. The molecule has 20 heavy (non-hydrogen) atoms. The summed E-state index contributed by atoms with van der Waals surface area (Å²) in [6, 6.07) is 0. The fourth-order valence-corrected chi connectivity index (χ4v) is 2.52. The normalized spacial score (nSPS) is 14.4. The van der Waals surface area contributed by atoms with Crippen LogP contribution in [-0.2, 0) is 19.5 Å². The first-order valence-corrected chi connectivity index (χ1v) is 7.52. The maximum Gasteiger partial charge on any atom is 2.00 e. The standard InChI is InChI=1S/C10H15.C8H11Cl.Ru/c1-6-7(2)9(4)10(5)8(6)3;9-8-6-4-2-1-3-5-7-8;/h1-5H3;1-2,7H,3-6H2;/q-1;;+2. The molecule has 0 fully saturated rings. The second-order valence-electron chi connectivity index (χ2n) is 5.36. The van der Waals surface area contributed by atoms with Gasteiger partial charge in [-0.3, -0.25) is 0 Å². The summed E-state index contributed by atoms with van der Waals surface area (Å²) in [4.78, 5) is 0. The van der Waals surface area contributed by atoms with Crippen molar-refractivity contribution < 1.29 is 19.5 Å². The molecule has 0 atom stereocenters. The summed E-state index contributed by atoms with van der Waals surface area (Å²) in [5, 5.41) is 1.03. The van der Waals surface area contributed by atoms with Crippen LogP contribution < -0.4 is 0 Å². The van der Waals surface area contributed by atoms with Crippen LogP contribution in [0.3, 0.4) is 0 Å². The Morgan fingerprint density at radius 3 is 1.85 bits per heavy atom. The number of hydrogen-bond acceptors (Lipinski definition) is 0. The minimum atomic E-state index is 0. The monoisotopic (exact) mass is 379 g/mol. The minimum absolute atomic E-state index is 0. The maximum absolute atomic E-state index is 5.82. The van der Waals surface area contributed by atoms with Crippen molar-refractivity contribution in [1.29, 1.82) is 0 Å². The number of halogens is 1. The zero-order chi connectivity index (χ0) is 14.4. The van der Waals surface area contributed by atoms with E-state index in [9.17, 15) is 0 Å². The van der Waals surface area contributed by atoms with Gasteiger partial charge in [0.2, 0.25) is 0 Å². The van der Waals surface area contributed by atoms with Gasteiger partial charge in [0.25, 0.3) is 0 Å². The van der Waals surface area contributed by atoms with E-state index in [-0.39, 0.29) is 19.5 Å². The van der Waals surface area contributed by atoms with Crippen LogP contribution in [0.4, 0.5) is 0 Å². The van der Waals surface area contributed by atoms with Gasteiger partial charge in [0.15, 0.2) is 0 Å². The van der Waals surface area contributed by atoms with Gasteiger partial charge in [0, 0.05) is 5.03 Å². The molecule has 0 unspecified atom stereocenters. The Bertz CT molecular complexity index is 398. The van der Waals surface area contributed by atoms with E-state index in [0.717, 1.165) is 30.7 Å². The first-order valence-electron chi connectivity index (χ1n) is 7.14. The molecule has 0 amide bonds. The quantitative estimate of drug-likeness (QED) is 0.287. The molecule has 0 spiro atoms. The molecular weight excluding hydrogens is 353 g/mol. The smallest absolute Gasteiger partial charge is 0.196 e. The molecule has 1 aromatic carbocycles. The number of allylic oxidation sites excluding steroid dienone is 4. The van der Waals surface area contributed by atoms with Gasteiger partial charge in [0.1, 0.15) is 0 Å². The SMILES string of the molecule is Cc1c(C)c(C)[c-](C)c1C.ClC1=CCCC=CCC1.[Ru+2]. The van der Waals surface area contributed by atoms with Gasteiger partial charge in [-0.15, -0.1) is 0 Å². The molecule has 1 aromatic rings. The van der Waals surface area contributed by atoms with Crippen molar-refractivity contribution in [2.75, 3.05) is 0 Å². The molecule has 0 bridgehead atoms. The van der Waals surface area contributed by atoms with Gasteiger partial charge in [-0.1, -0.05) is 64.4 Å². The summed E-state index contributed by atoms with van der Waals surface area (Å²) in [6.45, 7) is 11.0. The molecule has 0 N–H and O–H groups in total. The summed E-state index contributed by atoms with van der Waals surface area (Å²) >= 11 is 5.82. The van der Waals surface area contributed by atoms with Crippen molar-refractivity contribution in [2.45, 2.75) is 60.3 Å². The largest absolute Gasteiger partial charge is 2.00 e. The summed E-state index contributed by atoms with van der Waals surface area (Å²) in [5.41, 5.74) is 7.34. The van der Waals surface area contributed by atoms with Crippen molar-refractivity contribution in [3.8, 4) is 0 Å². The summed E-state index contributed by atoms with van der Waals surface area (Å²) in [6.07, 6.45) is 10.9. The van der Waals surface area contributed by atoms with Crippen LogP contribution in [0.15, 0.2) is 23.3 Å². The van der Waals surface area contributed by atoms with E-state index in [1.54, 1.807) is 0 Å². The van der Waals surface area contributed by atoms with Crippen LogP contribution in [0.25, 0.3) is 0 Å². The van der Waals surface area contributed by atoms with E-state index in [1.165, 1.54) is 27.8 Å². The maximum atomic E-state index is 5.82. The summed E-state index contributed by atoms with van der Waals surface area (Å²) in [5.74, 6) is 0. The Kier molecular flexibility index (Phi) is 9.51. The van der Waals surface area contributed by atoms with Gasteiger partial charge in [-0.2, -0.15) is 27.8 Å². The first kappa shape index (κ1) is 19.7. The van der Waals surface area contributed by atoms with Gasteiger partial charge in [0.05, 0.1) is 0 Å². The van der Waals surface area contributed by atoms with Gasteiger partial charge in [-0.05, 0) is 25.7 Å². The van der Waals surface area contributed by atoms with Crippen LogP contribution >= 0.6 is 11.6 Å². The van der Waals surface area contributed by atoms with Crippen molar-refractivity contribution in [3.05, 3.63) is 51.1 Å². The van der Waals surface area contributed by atoms with Gasteiger partial charge in [-0.25, -0.2) is 0 Å². The third-order valence-corrected chi connectivity index (χ3v) is 4.57. The van der Waals surface area contributed by atoms with Crippen molar-refractivity contribution in [3.63, 3.8) is 0 Å². The van der Waals surface area contributed by atoms with Crippen LogP contribution in [-0.4, -0.2) is 0 Å². The van der Waals surface area contributed by atoms with Crippen molar-refractivity contribution in [2.24, 2.45) is 0 Å². The molecule has 2 heteroatoms. The average Bonchev–Trinajstić information content (AvgIpc) is 2.53. The van der Waals surface area contributed by atoms with E-state index in [1.807, 2.05) is 0 Å². The van der Waals surface area contributed by atoms with Gasteiger partial charge < -0.3 is 0 Å². The number of rotatable bonds is 0. The predicted molar refractivity (Wildman–Crippen MR) is 87.3 cm³/mol. The molecule has 0 heterocycles. The average molecular weight is 379 g/mol. The molecule has 112 valence electrons. The molecule has 0 radical (unpaired) electrons. The fraction of sp³-hybridized carbons (Fsp3) is 0.500. The molecule has 1 aliphatic rings. The molecule has 0 saturated heterocycles. The minimum Gasteiger partial charge on any atom is -0.196 e. The third kappa shape index (κ3) is 5.62. The second-order valence-corrected chi connectivity index (χ2v) is 5.85. The Labute approximate surface area is 142 Å². The van der Waals surface area contributed by atoms with E-state index in [2.05, 4.69) is 52.8 Å². The van der Waals surface area contributed by atoms with E-state index >= 15 is 0 Å². The molecule has 0 nitrogen and oxygen atoms in total. The summed E-state index contributed by atoms with van der Waals surface area (Å²) < 4.78 is 0. The predicted octanol–water partition coefficient (Wildman–Crippen LogP) is 6.18. The fourth-order valence-electron chi connectivity index (χ4n) is 2.30. The zero-order valence-corrected chi connectivity index (χ0v) is 15.8. The van der Waals surface area contributed by atoms with E-state index in [4.69, 9.17) is 11.6 Å². The van der Waals surface area contributed by atoms with Crippen LogP contribution in [0.1, 0.15) is 53.5 Å². The molecule has 1 aliphatic carbocycles. The molecular formula is C18H26ClRu+. The molecule has 0 aliphatic heterocycles. The molecule has 2 rings (SSSR count). The van der Waals surface area contributed by atoms with E-state index in [0.29, 0.717) is 0 Å². The van der Waals surface area contributed by atoms with E-state index < -0.39 is 0 Å². The van der Waals surface area contributed by atoms with Crippen LogP contribution in [0.2, 0.25) is 0 Å². The zero-order valence-electron chi connectivity index (χ0n) is 13.3. The Hall–Kier alpha value is -0.257. The molecule has 0 saturated carbocycles. The van der Waals surface area contributed by atoms with Crippen molar-refractivity contribution in [1.82, 2.24) is 0 Å². The van der Waals surface area contributed by atoms with Crippen LogP contribution in [0, 0.1) is 34.6 Å². The first-order chi connectivity index (χ1) is 8.95. The Morgan fingerprint density at radius 2 is 1.40 bits per heavy atom. The topological polar surface area (TPSA) is 0 Å². The Balaban J connectivity index is 0.000000345. The van der Waals surface area contributed by atoms with Gasteiger partial charge >= 0.3 is 19.5 Å². The van der Waals surface area contributed by atoms with Crippen LogP contribution in [0.5, 0.6) is 0 Å².